The van der Waals surface area contributed by atoms with Crippen molar-refractivity contribution in [3.05, 3.63) is 0 Å². The molecule has 0 amide bonds. The van der Waals surface area contributed by atoms with Crippen LogP contribution in [0.2, 0.25) is 0 Å². The highest BCUT2D eigenvalue weighted by molar-refractivity contribution is 5.84. The smallest absolute Gasteiger partial charge is 0.434 e. The second kappa shape index (κ2) is 9.00. The fraction of sp³-hybridized carbons (Fsp3) is 0.893. The third-order valence-corrected chi connectivity index (χ3v) is 10.5. The average Bonchev–Trinajstić information content (AvgIpc) is 3.10. The largest absolute Gasteiger partial charge is 0.516 e. The van der Waals surface area contributed by atoms with Crippen LogP contribution in [0.25, 0.3) is 0 Å². The molecule has 0 heterocycles. The van der Waals surface area contributed by atoms with Crippen LogP contribution in [0, 0.1) is 58.2 Å². The van der Waals surface area contributed by atoms with Gasteiger partial charge in [-0.1, -0.05) is 48.0 Å². The predicted octanol–water partition coefficient (Wildman–Crippen LogP) is 6.43. The molecule has 9 atom stereocenters. The zero-order valence-electron chi connectivity index (χ0n) is 21.5. The first-order valence-corrected chi connectivity index (χ1v) is 13.4. The number of esters is 1. The van der Waals surface area contributed by atoms with Crippen molar-refractivity contribution in [3.63, 3.8) is 0 Å². The molecular formula is C28H44O5. The lowest BCUT2D eigenvalue weighted by Crippen LogP contribution is -2.57. The number of ether oxygens (including phenoxy) is 2. The average molecular weight is 461 g/mol. The molecule has 4 fully saturated rings. The number of hydrogen-bond donors (Lipinski definition) is 0. The van der Waals surface area contributed by atoms with E-state index in [2.05, 4.69) is 20.8 Å². The Kier molecular flexibility index (Phi) is 6.74. The zero-order chi connectivity index (χ0) is 24.1. The van der Waals surface area contributed by atoms with Crippen LogP contribution in [0.4, 0.5) is 4.79 Å². The fourth-order valence-electron chi connectivity index (χ4n) is 8.61. The molecule has 33 heavy (non-hydrogen) atoms. The van der Waals surface area contributed by atoms with Crippen LogP contribution in [0.15, 0.2) is 0 Å². The van der Waals surface area contributed by atoms with E-state index in [1.165, 1.54) is 19.3 Å². The normalized spacial score (nSPS) is 43.3. The van der Waals surface area contributed by atoms with Crippen molar-refractivity contribution in [2.24, 2.45) is 58.2 Å². The maximum Gasteiger partial charge on any atom is 0.516 e. The highest BCUT2D eigenvalue weighted by Gasteiger charge is 2.63. The van der Waals surface area contributed by atoms with E-state index >= 15 is 0 Å². The molecule has 0 bridgehead atoms. The van der Waals surface area contributed by atoms with Gasteiger partial charge in [-0.15, -0.1) is 0 Å². The van der Waals surface area contributed by atoms with Gasteiger partial charge in [-0.05, 0) is 84.9 Å². The Hall–Kier alpha value is -1.39. The SMILES string of the molecule is CC(C)COC(=O)OC(=O)[C@@H](C)[C@H]1CC[C@H]2[C@@H]3C(=O)C[C@@H]4C[C@H](C)CC[C@]4(C)[C@H]3CC[C@]12C. The highest BCUT2D eigenvalue weighted by atomic mass is 16.7. The first-order valence-electron chi connectivity index (χ1n) is 13.4. The van der Waals surface area contributed by atoms with E-state index in [9.17, 15) is 14.4 Å². The second-order valence-corrected chi connectivity index (χ2v) is 12.9. The van der Waals surface area contributed by atoms with Crippen molar-refractivity contribution in [2.45, 2.75) is 92.9 Å². The first kappa shape index (κ1) is 24.7. The molecule has 0 spiro atoms. The van der Waals surface area contributed by atoms with Crippen molar-refractivity contribution in [1.82, 2.24) is 0 Å². The predicted molar refractivity (Wildman–Crippen MR) is 126 cm³/mol. The molecule has 4 saturated carbocycles. The summed E-state index contributed by atoms with van der Waals surface area (Å²) in [6.45, 7) is 13.1. The van der Waals surface area contributed by atoms with E-state index < -0.39 is 12.1 Å². The lowest BCUT2D eigenvalue weighted by molar-refractivity contribution is -0.160. The summed E-state index contributed by atoms with van der Waals surface area (Å²) in [5.74, 6) is 2.20. The van der Waals surface area contributed by atoms with Gasteiger partial charge in [0, 0.05) is 12.3 Å². The van der Waals surface area contributed by atoms with Crippen molar-refractivity contribution < 1.29 is 23.9 Å². The van der Waals surface area contributed by atoms with E-state index in [4.69, 9.17) is 9.47 Å². The van der Waals surface area contributed by atoms with E-state index in [-0.39, 0.29) is 41.1 Å². The molecule has 0 N–H and O–H groups in total. The van der Waals surface area contributed by atoms with Crippen molar-refractivity contribution in [2.75, 3.05) is 6.61 Å². The summed E-state index contributed by atoms with van der Waals surface area (Å²) in [7, 11) is 0. The van der Waals surface area contributed by atoms with E-state index in [1.54, 1.807) is 0 Å². The van der Waals surface area contributed by atoms with E-state index in [0.29, 0.717) is 23.5 Å². The summed E-state index contributed by atoms with van der Waals surface area (Å²) in [6, 6.07) is 0. The van der Waals surface area contributed by atoms with Crippen molar-refractivity contribution in [1.29, 1.82) is 0 Å². The van der Waals surface area contributed by atoms with Gasteiger partial charge >= 0.3 is 12.1 Å². The number of rotatable bonds is 4. The molecule has 5 nitrogen and oxygen atoms in total. The molecule has 0 aromatic rings. The topological polar surface area (TPSA) is 69.7 Å². The second-order valence-electron chi connectivity index (χ2n) is 12.9. The number of fused-ring (bicyclic) bond motifs is 5. The molecule has 0 aromatic carbocycles. The van der Waals surface area contributed by atoms with Gasteiger partial charge in [0.2, 0.25) is 0 Å². The van der Waals surface area contributed by atoms with E-state index in [0.717, 1.165) is 38.0 Å². The summed E-state index contributed by atoms with van der Waals surface area (Å²) in [5.41, 5.74) is 0.234. The molecule has 0 radical (unpaired) electrons. The van der Waals surface area contributed by atoms with Crippen LogP contribution in [0.1, 0.15) is 92.9 Å². The third-order valence-electron chi connectivity index (χ3n) is 10.5. The zero-order valence-corrected chi connectivity index (χ0v) is 21.5. The lowest BCUT2D eigenvalue weighted by atomic mass is 9.43. The third kappa shape index (κ3) is 4.27. The Balaban J connectivity index is 1.48. The molecule has 186 valence electrons. The Bertz CT molecular complexity index is 789. The molecule has 0 aliphatic heterocycles. The number of Topliss-reactive ketones (excluding diaryl/α,β-unsaturated/α-hetero) is 1. The molecule has 0 aromatic heterocycles. The minimum atomic E-state index is -0.892. The quantitative estimate of drug-likeness (QED) is 0.357. The van der Waals surface area contributed by atoms with Crippen molar-refractivity contribution >= 4 is 17.9 Å². The van der Waals surface area contributed by atoms with Crippen LogP contribution in [0.3, 0.4) is 0 Å². The molecular weight excluding hydrogens is 416 g/mol. The number of carbonyl (C=O) groups is 3. The lowest BCUT2D eigenvalue weighted by Gasteiger charge is -2.60. The summed E-state index contributed by atoms with van der Waals surface area (Å²) >= 11 is 0. The molecule has 4 rings (SSSR count). The van der Waals surface area contributed by atoms with Crippen molar-refractivity contribution in [3.8, 4) is 0 Å². The maximum atomic E-state index is 13.5. The fourth-order valence-corrected chi connectivity index (χ4v) is 8.61. The van der Waals surface area contributed by atoms with Gasteiger partial charge in [0.05, 0.1) is 12.5 Å². The van der Waals surface area contributed by atoms with Crippen LogP contribution in [-0.2, 0) is 19.1 Å². The number of carbonyl (C=O) groups excluding carboxylic acids is 3. The summed E-state index contributed by atoms with van der Waals surface area (Å²) < 4.78 is 10.1. The molecule has 4 aliphatic carbocycles. The Morgan fingerprint density at radius 1 is 1.00 bits per heavy atom. The standard InChI is InChI=1S/C28H44O5/c1-16(2)15-32-26(31)33-25(30)18(4)20-7-8-21-24-22(10-12-28(20,21)6)27(5)11-9-17(3)13-19(27)14-23(24)29/h16-22,24H,7-15H2,1-6H3/t17-,18+,19+,20-,21+,22+,24+,27+,28-/m1/s1. The summed E-state index contributed by atoms with van der Waals surface area (Å²) in [6.07, 6.45) is 7.66. The van der Waals surface area contributed by atoms with Gasteiger partial charge in [0.25, 0.3) is 0 Å². The minimum absolute atomic E-state index is 0.0533. The minimum Gasteiger partial charge on any atom is -0.434 e. The molecule has 4 aliphatic rings. The van der Waals surface area contributed by atoms with Gasteiger partial charge in [0.1, 0.15) is 5.78 Å². The molecule has 5 heteroatoms. The van der Waals surface area contributed by atoms with E-state index in [1.807, 2.05) is 20.8 Å². The molecule has 0 saturated heterocycles. The Labute approximate surface area is 199 Å². The summed E-state index contributed by atoms with van der Waals surface area (Å²) in [5, 5.41) is 0. The Morgan fingerprint density at radius 3 is 2.36 bits per heavy atom. The van der Waals surface area contributed by atoms with Crippen LogP contribution in [-0.4, -0.2) is 24.5 Å². The van der Waals surface area contributed by atoms with Gasteiger partial charge < -0.3 is 9.47 Å². The highest BCUT2D eigenvalue weighted by Crippen LogP contribution is 2.67. The van der Waals surface area contributed by atoms with Gasteiger partial charge in [0.15, 0.2) is 0 Å². The first-order chi connectivity index (χ1) is 15.5. The van der Waals surface area contributed by atoms with Crippen LogP contribution >= 0.6 is 0 Å². The monoisotopic (exact) mass is 460 g/mol. The molecule has 0 unspecified atom stereocenters. The summed E-state index contributed by atoms with van der Waals surface area (Å²) in [4.78, 5) is 38.3. The number of ketones is 1. The number of hydrogen-bond acceptors (Lipinski definition) is 5. The van der Waals surface area contributed by atoms with Gasteiger partial charge in [-0.2, -0.15) is 0 Å². The Morgan fingerprint density at radius 2 is 1.67 bits per heavy atom. The van der Waals surface area contributed by atoms with Crippen LogP contribution < -0.4 is 0 Å². The maximum absolute atomic E-state index is 13.5. The van der Waals surface area contributed by atoms with Crippen LogP contribution in [0.5, 0.6) is 0 Å². The van der Waals surface area contributed by atoms with Gasteiger partial charge in [-0.3, -0.25) is 9.59 Å². The van der Waals surface area contributed by atoms with Gasteiger partial charge in [-0.25, -0.2) is 4.79 Å².